The largest absolute Gasteiger partial charge is 0.462 e. The minimum absolute atomic E-state index is 0.0477. The minimum Gasteiger partial charge on any atom is -0.462 e. The van der Waals surface area contributed by atoms with E-state index in [9.17, 15) is 9.59 Å². The number of anilines is 1. The lowest BCUT2D eigenvalue weighted by Crippen LogP contribution is -2.16. The maximum absolute atomic E-state index is 12.6. The third-order valence-corrected chi connectivity index (χ3v) is 7.46. The molecule has 0 aliphatic rings. The SMILES string of the molecule is CCOC(=O)c1c(-c2cccs2)csc1NC(=O)CSc1nnc(-c2ccccc2Br)o1. The first-order chi connectivity index (χ1) is 15.6. The van der Waals surface area contributed by atoms with E-state index in [1.807, 2.05) is 47.2 Å². The first-order valence-electron chi connectivity index (χ1n) is 9.40. The first kappa shape index (κ1) is 22.7. The molecule has 164 valence electrons. The van der Waals surface area contributed by atoms with Crippen molar-refractivity contribution in [2.24, 2.45) is 0 Å². The van der Waals surface area contributed by atoms with E-state index < -0.39 is 5.97 Å². The second-order valence-electron chi connectivity index (χ2n) is 6.24. The van der Waals surface area contributed by atoms with Gasteiger partial charge in [0.15, 0.2) is 0 Å². The number of thioether (sulfide) groups is 1. The van der Waals surface area contributed by atoms with Crippen LogP contribution in [0.2, 0.25) is 0 Å². The quantitative estimate of drug-likeness (QED) is 0.206. The number of halogens is 1. The third kappa shape index (κ3) is 5.12. The fourth-order valence-electron chi connectivity index (χ4n) is 2.77. The summed E-state index contributed by atoms with van der Waals surface area (Å²) in [4.78, 5) is 26.1. The van der Waals surface area contributed by atoms with Crippen molar-refractivity contribution >= 4 is 67.2 Å². The summed E-state index contributed by atoms with van der Waals surface area (Å²) >= 11 is 7.38. The summed E-state index contributed by atoms with van der Waals surface area (Å²) in [5.74, 6) is -0.341. The molecule has 0 atom stereocenters. The predicted molar refractivity (Wildman–Crippen MR) is 130 cm³/mol. The van der Waals surface area contributed by atoms with E-state index in [2.05, 4.69) is 31.4 Å². The average Bonchev–Trinajstić information content (AvgIpc) is 3.53. The fraction of sp³-hybridized carbons (Fsp3) is 0.143. The van der Waals surface area contributed by atoms with Crippen LogP contribution in [0.15, 0.2) is 61.3 Å². The van der Waals surface area contributed by atoms with Crippen molar-refractivity contribution in [2.75, 3.05) is 17.7 Å². The van der Waals surface area contributed by atoms with Crippen molar-refractivity contribution in [1.82, 2.24) is 10.2 Å². The van der Waals surface area contributed by atoms with Gasteiger partial charge in [0, 0.05) is 20.3 Å². The Bertz CT molecular complexity index is 1240. The number of ether oxygens (including phenoxy) is 1. The lowest BCUT2D eigenvalue weighted by Gasteiger charge is -2.07. The Kier molecular flexibility index (Phi) is 7.40. The number of rotatable bonds is 8. The fourth-order valence-corrected chi connectivity index (χ4v) is 5.58. The summed E-state index contributed by atoms with van der Waals surface area (Å²) in [5.41, 5.74) is 1.89. The van der Waals surface area contributed by atoms with E-state index in [1.165, 1.54) is 22.7 Å². The molecule has 7 nitrogen and oxygen atoms in total. The van der Waals surface area contributed by atoms with Gasteiger partial charge >= 0.3 is 5.97 Å². The molecule has 0 bridgehead atoms. The van der Waals surface area contributed by atoms with Gasteiger partial charge in [0.05, 0.1) is 17.9 Å². The van der Waals surface area contributed by atoms with Crippen LogP contribution in [0.3, 0.4) is 0 Å². The molecular weight excluding hydrogens is 534 g/mol. The van der Waals surface area contributed by atoms with E-state index in [4.69, 9.17) is 9.15 Å². The molecule has 3 heterocycles. The average molecular weight is 550 g/mol. The van der Waals surface area contributed by atoms with Crippen LogP contribution in [0, 0.1) is 0 Å². The van der Waals surface area contributed by atoms with Crippen LogP contribution in [0.1, 0.15) is 17.3 Å². The summed E-state index contributed by atoms with van der Waals surface area (Å²) in [5, 5.41) is 15.4. The molecule has 0 fully saturated rings. The summed E-state index contributed by atoms with van der Waals surface area (Å²) in [6.45, 7) is 2.00. The molecule has 0 saturated carbocycles. The summed E-state index contributed by atoms with van der Waals surface area (Å²) < 4.78 is 11.7. The molecule has 11 heteroatoms. The van der Waals surface area contributed by atoms with Crippen molar-refractivity contribution in [2.45, 2.75) is 12.1 Å². The molecule has 0 spiro atoms. The highest BCUT2D eigenvalue weighted by Gasteiger charge is 2.23. The molecule has 4 aromatic rings. The molecule has 1 N–H and O–H groups in total. The molecule has 32 heavy (non-hydrogen) atoms. The van der Waals surface area contributed by atoms with Gasteiger partial charge in [-0.1, -0.05) is 30.0 Å². The number of hydrogen-bond acceptors (Lipinski definition) is 9. The standard InChI is InChI=1S/C21H16BrN3O4S3/c1-2-28-20(27)17-13(15-8-5-9-30-15)10-31-19(17)23-16(26)11-32-21-25-24-18(29-21)12-6-3-4-7-14(12)22/h3-10H,2,11H2,1H3,(H,23,26). The van der Waals surface area contributed by atoms with E-state index in [-0.39, 0.29) is 23.5 Å². The monoisotopic (exact) mass is 549 g/mol. The number of benzene rings is 1. The second kappa shape index (κ2) is 10.4. The van der Waals surface area contributed by atoms with Crippen molar-refractivity contribution in [3.8, 4) is 21.9 Å². The summed E-state index contributed by atoms with van der Waals surface area (Å²) in [6, 6.07) is 11.3. The maximum atomic E-state index is 12.6. The number of hydrogen-bond donors (Lipinski definition) is 1. The van der Waals surface area contributed by atoms with Gasteiger partial charge in [-0.15, -0.1) is 32.9 Å². The van der Waals surface area contributed by atoms with Crippen LogP contribution in [-0.4, -0.2) is 34.4 Å². The first-order valence-corrected chi connectivity index (χ1v) is 12.9. The van der Waals surface area contributed by atoms with Crippen molar-refractivity contribution in [1.29, 1.82) is 0 Å². The Morgan fingerprint density at radius 3 is 2.75 bits per heavy atom. The Hall–Kier alpha value is -2.47. The zero-order valence-electron chi connectivity index (χ0n) is 16.7. The van der Waals surface area contributed by atoms with Gasteiger partial charge in [-0.25, -0.2) is 4.79 Å². The van der Waals surface area contributed by atoms with Gasteiger partial charge in [0.25, 0.3) is 5.22 Å². The van der Waals surface area contributed by atoms with Crippen LogP contribution in [0.25, 0.3) is 21.9 Å². The summed E-state index contributed by atoms with van der Waals surface area (Å²) in [6.07, 6.45) is 0. The Morgan fingerprint density at radius 1 is 1.16 bits per heavy atom. The van der Waals surface area contributed by atoms with E-state index >= 15 is 0 Å². The second-order valence-corrected chi connectivity index (χ2v) is 9.85. The van der Waals surface area contributed by atoms with Crippen LogP contribution in [0.4, 0.5) is 5.00 Å². The van der Waals surface area contributed by atoms with Crippen LogP contribution >= 0.6 is 50.4 Å². The smallest absolute Gasteiger partial charge is 0.341 e. The Morgan fingerprint density at radius 2 is 2.00 bits per heavy atom. The predicted octanol–water partition coefficient (Wildman–Crippen LogP) is 6.20. The van der Waals surface area contributed by atoms with Gasteiger partial charge < -0.3 is 14.5 Å². The summed E-state index contributed by atoms with van der Waals surface area (Å²) in [7, 11) is 0. The van der Waals surface area contributed by atoms with E-state index in [1.54, 1.807) is 6.92 Å². The molecule has 1 aromatic carbocycles. The van der Waals surface area contributed by atoms with E-state index in [0.717, 1.165) is 32.2 Å². The molecular formula is C21H16BrN3O4S3. The number of aromatic nitrogens is 2. The Labute approximate surface area is 204 Å². The highest BCUT2D eigenvalue weighted by atomic mass is 79.9. The molecule has 0 radical (unpaired) electrons. The van der Waals surface area contributed by atoms with Gasteiger partial charge in [-0.3, -0.25) is 4.79 Å². The van der Waals surface area contributed by atoms with Crippen LogP contribution < -0.4 is 5.32 Å². The molecule has 0 aliphatic carbocycles. The van der Waals surface area contributed by atoms with Gasteiger partial charge in [0.1, 0.15) is 10.6 Å². The number of thiophene rings is 2. The van der Waals surface area contributed by atoms with Crippen molar-refractivity contribution < 1.29 is 18.7 Å². The molecule has 1 amide bonds. The molecule has 0 aliphatic heterocycles. The number of nitrogens with zero attached hydrogens (tertiary/aromatic N) is 2. The number of esters is 1. The van der Waals surface area contributed by atoms with Crippen molar-refractivity contribution in [3.05, 3.63) is 57.2 Å². The number of carbonyl (C=O) groups is 2. The minimum atomic E-state index is -0.463. The third-order valence-electron chi connectivity index (χ3n) is 4.15. The Balaban J connectivity index is 1.45. The topological polar surface area (TPSA) is 94.3 Å². The maximum Gasteiger partial charge on any atom is 0.341 e. The van der Waals surface area contributed by atoms with Crippen LogP contribution in [0.5, 0.6) is 0 Å². The van der Waals surface area contributed by atoms with Crippen LogP contribution in [-0.2, 0) is 9.53 Å². The number of carbonyl (C=O) groups excluding carboxylic acids is 2. The van der Waals surface area contributed by atoms with E-state index in [0.29, 0.717) is 16.5 Å². The zero-order chi connectivity index (χ0) is 22.5. The lowest BCUT2D eigenvalue weighted by atomic mass is 10.1. The van der Waals surface area contributed by atoms with Gasteiger partial charge in [-0.2, -0.15) is 0 Å². The number of nitrogens with one attached hydrogen (secondary N) is 1. The number of amides is 1. The molecule has 0 saturated heterocycles. The van der Waals surface area contributed by atoms with Gasteiger partial charge in [-0.05, 0) is 46.4 Å². The molecule has 0 unspecified atom stereocenters. The van der Waals surface area contributed by atoms with Crippen molar-refractivity contribution in [3.63, 3.8) is 0 Å². The highest BCUT2D eigenvalue weighted by molar-refractivity contribution is 9.10. The van der Waals surface area contributed by atoms with Gasteiger partial charge in [0.2, 0.25) is 11.8 Å². The normalized spacial score (nSPS) is 10.8. The zero-order valence-corrected chi connectivity index (χ0v) is 20.7. The lowest BCUT2D eigenvalue weighted by molar-refractivity contribution is -0.113. The molecule has 3 aromatic heterocycles. The molecule has 4 rings (SSSR count). The highest BCUT2D eigenvalue weighted by Crippen LogP contribution is 2.38.